The van der Waals surface area contributed by atoms with Crippen LogP contribution >= 0.6 is 0 Å². The molecule has 1 saturated heterocycles. The number of fused-ring (bicyclic) bond motifs is 1. The van der Waals surface area contributed by atoms with E-state index in [-0.39, 0.29) is 18.1 Å². The van der Waals surface area contributed by atoms with Crippen molar-refractivity contribution in [3.63, 3.8) is 0 Å². The Morgan fingerprint density at radius 1 is 1.10 bits per heavy atom. The minimum atomic E-state index is -0.700. The van der Waals surface area contributed by atoms with Crippen LogP contribution in [0.5, 0.6) is 0 Å². The molecule has 1 amide bonds. The average molecular weight is 422 g/mol. The molecule has 0 spiro atoms. The summed E-state index contributed by atoms with van der Waals surface area (Å²) < 4.78 is 7.17. The van der Waals surface area contributed by atoms with Crippen LogP contribution < -0.4 is 21.3 Å². The van der Waals surface area contributed by atoms with Crippen molar-refractivity contribution in [1.82, 2.24) is 9.55 Å². The molecular formula is C23H26N4O4. The molecule has 2 unspecified atom stereocenters. The van der Waals surface area contributed by atoms with Crippen LogP contribution in [0.15, 0.2) is 52.1 Å². The lowest BCUT2D eigenvalue weighted by atomic mass is 10.1. The van der Waals surface area contributed by atoms with Gasteiger partial charge >= 0.3 is 11.1 Å². The Labute approximate surface area is 179 Å². The van der Waals surface area contributed by atoms with E-state index < -0.39 is 11.1 Å². The standard InChI is InChI=1S/C23H26N4O4/c1-4-27-20-10-5-16(11-19(20)25-22(29)23(27)30)21(28)24-17-6-8-18(9-7-17)26-12-14(2)31-15(3)13-26/h5-11,14-15H,4,12-13H2,1-3H3,(H,24,28)(H,25,29). The van der Waals surface area contributed by atoms with Crippen molar-refractivity contribution in [2.45, 2.75) is 39.5 Å². The van der Waals surface area contributed by atoms with Gasteiger partial charge in [-0.05, 0) is 63.2 Å². The molecule has 4 rings (SSSR count). The van der Waals surface area contributed by atoms with Crippen LogP contribution in [0.25, 0.3) is 11.0 Å². The van der Waals surface area contributed by atoms with Crippen LogP contribution in [0.3, 0.4) is 0 Å². The van der Waals surface area contributed by atoms with Crippen molar-refractivity contribution in [2.75, 3.05) is 23.3 Å². The monoisotopic (exact) mass is 422 g/mol. The van der Waals surface area contributed by atoms with Gasteiger partial charge in [-0.1, -0.05) is 0 Å². The SMILES string of the molecule is CCn1c(=O)c(=O)[nH]c2cc(C(=O)Nc3ccc(N4CC(C)OC(C)C4)cc3)ccc21. The van der Waals surface area contributed by atoms with E-state index in [2.05, 4.69) is 29.0 Å². The number of carbonyl (C=O) groups excluding carboxylic acids is 1. The van der Waals surface area contributed by atoms with Crippen molar-refractivity contribution in [1.29, 1.82) is 0 Å². The van der Waals surface area contributed by atoms with Gasteiger partial charge in [0.15, 0.2) is 0 Å². The minimum Gasteiger partial charge on any atom is -0.372 e. The number of H-pyrrole nitrogens is 1. The number of aromatic nitrogens is 2. The van der Waals surface area contributed by atoms with Gasteiger partial charge in [-0.2, -0.15) is 0 Å². The average Bonchev–Trinajstić information content (AvgIpc) is 2.74. The first kappa shape index (κ1) is 20.9. The molecule has 1 aliphatic rings. The first-order chi connectivity index (χ1) is 14.9. The van der Waals surface area contributed by atoms with Gasteiger partial charge in [0, 0.05) is 36.6 Å². The number of aryl methyl sites for hydroxylation is 1. The summed E-state index contributed by atoms with van der Waals surface area (Å²) in [5.41, 5.74) is 1.89. The summed E-state index contributed by atoms with van der Waals surface area (Å²) in [5.74, 6) is -0.293. The number of carbonyl (C=O) groups is 1. The van der Waals surface area contributed by atoms with E-state index in [1.54, 1.807) is 25.1 Å². The molecule has 31 heavy (non-hydrogen) atoms. The number of nitrogens with zero attached hydrogens (tertiary/aromatic N) is 2. The number of aromatic amines is 1. The summed E-state index contributed by atoms with van der Waals surface area (Å²) in [5, 5.41) is 2.88. The van der Waals surface area contributed by atoms with E-state index in [1.807, 2.05) is 24.3 Å². The molecule has 162 valence electrons. The quantitative estimate of drug-likeness (QED) is 0.630. The third-order valence-electron chi connectivity index (χ3n) is 5.46. The maximum Gasteiger partial charge on any atom is 0.316 e. The van der Waals surface area contributed by atoms with E-state index in [0.29, 0.717) is 28.8 Å². The number of anilines is 2. The van der Waals surface area contributed by atoms with Crippen molar-refractivity contribution in [2.24, 2.45) is 0 Å². The molecule has 0 aliphatic carbocycles. The fourth-order valence-electron chi connectivity index (χ4n) is 4.08. The Bertz CT molecular complexity index is 1220. The van der Waals surface area contributed by atoms with Crippen LogP contribution in [0.2, 0.25) is 0 Å². The topological polar surface area (TPSA) is 96.4 Å². The van der Waals surface area contributed by atoms with E-state index in [4.69, 9.17) is 4.74 Å². The number of hydrogen-bond acceptors (Lipinski definition) is 5. The van der Waals surface area contributed by atoms with Crippen molar-refractivity contribution >= 4 is 28.3 Å². The second-order valence-corrected chi connectivity index (χ2v) is 7.90. The Kier molecular flexibility index (Phi) is 5.65. The van der Waals surface area contributed by atoms with Crippen LogP contribution in [0.1, 0.15) is 31.1 Å². The molecule has 3 aromatic rings. The predicted molar refractivity (Wildman–Crippen MR) is 121 cm³/mol. The molecule has 1 aliphatic heterocycles. The third kappa shape index (κ3) is 4.25. The summed E-state index contributed by atoms with van der Waals surface area (Å²) in [7, 11) is 0. The highest BCUT2D eigenvalue weighted by molar-refractivity contribution is 6.05. The van der Waals surface area contributed by atoms with E-state index in [0.717, 1.165) is 18.8 Å². The first-order valence-corrected chi connectivity index (χ1v) is 10.4. The molecule has 0 saturated carbocycles. The van der Waals surface area contributed by atoms with E-state index in [1.165, 1.54) is 4.57 Å². The second-order valence-electron chi connectivity index (χ2n) is 7.90. The number of benzene rings is 2. The van der Waals surface area contributed by atoms with Gasteiger partial charge in [0.25, 0.3) is 5.91 Å². The van der Waals surface area contributed by atoms with Gasteiger partial charge in [-0.3, -0.25) is 14.4 Å². The largest absolute Gasteiger partial charge is 0.372 e. The van der Waals surface area contributed by atoms with Crippen LogP contribution in [-0.4, -0.2) is 40.8 Å². The molecular weight excluding hydrogens is 396 g/mol. The molecule has 8 nitrogen and oxygen atoms in total. The molecule has 2 N–H and O–H groups in total. The molecule has 8 heteroatoms. The molecule has 1 aromatic heterocycles. The second kappa shape index (κ2) is 8.39. The Morgan fingerprint density at radius 3 is 2.42 bits per heavy atom. The lowest BCUT2D eigenvalue weighted by Gasteiger charge is -2.36. The highest BCUT2D eigenvalue weighted by atomic mass is 16.5. The predicted octanol–water partition coefficient (Wildman–Crippen LogP) is 2.58. The maximum atomic E-state index is 12.7. The highest BCUT2D eigenvalue weighted by Crippen LogP contribution is 2.23. The smallest absolute Gasteiger partial charge is 0.316 e. The highest BCUT2D eigenvalue weighted by Gasteiger charge is 2.22. The number of nitrogens with one attached hydrogen (secondary N) is 2. The normalized spacial score (nSPS) is 18.9. The lowest BCUT2D eigenvalue weighted by molar-refractivity contribution is -0.00521. The van der Waals surface area contributed by atoms with Crippen LogP contribution in [0, 0.1) is 0 Å². The zero-order valence-corrected chi connectivity index (χ0v) is 17.8. The van der Waals surface area contributed by atoms with E-state index in [9.17, 15) is 14.4 Å². The number of ether oxygens (including phenoxy) is 1. The number of amides is 1. The number of rotatable bonds is 4. The number of hydrogen-bond donors (Lipinski definition) is 2. The van der Waals surface area contributed by atoms with Crippen molar-refractivity contribution < 1.29 is 9.53 Å². The Morgan fingerprint density at radius 2 is 1.77 bits per heavy atom. The summed E-state index contributed by atoms with van der Waals surface area (Å²) in [6.45, 7) is 7.95. The van der Waals surface area contributed by atoms with Crippen LogP contribution in [-0.2, 0) is 11.3 Å². The summed E-state index contributed by atoms with van der Waals surface area (Å²) in [6, 6.07) is 12.6. The van der Waals surface area contributed by atoms with Gasteiger partial charge in [0.1, 0.15) is 0 Å². The van der Waals surface area contributed by atoms with Gasteiger partial charge in [-0.25, -0.2) is 0 Å². The van der Waals surface area contributed by atoms with Crippen LogP contribution in [0.4, 0.5) is 11.4 Å². The number of morpholine rings is 1. The minimum absolute atomic E-state index is 0.173. The summed E-state index contributed by atoms with van der Waals surface area (Å²) in [4.78, 5) is 41.4. The van der Waals surface area contributed by atoms with Crippen molar-refractivity contribution in [3.05, 3.63) is 68.7 Å². The Balaban J connectivity index is 1.53. The molecule has 2 heterocycles. The Hall–Kier alpha value is -3.39. The summed E-state index contributed by atoms with van der Waals surface area (Å²) >= 11 is 0. The maximum absolute atomic E-state index is 12.7. The molecule has 0 radical (unpaired) electrons. The van der Waals surface area contributed by atoms with Crippen molar-refractivity contribution in [3.8, 4) is 0 Å². The summed E-state index contributed by atoms with van der Waals surface area (Å²) in [6.07, 6.45) is 0.345. The van der Waals surface area contributed by atoms with E-state index >= 15 is 0 Å². The molecule has 1 fully saturated rings. The first-order valence-electron chi connectivity index (χ1n) is 10.4. The van der Waals surface area contributed by atoms with Gasteiger partial charge in [-0.15, -0.1) is 0 Å². The fourth-order valence-corrected chi connectivity index (χ4v) is 4.08. The molecule has 2 aromatic carbocycles. The van der Waals surface area contributed by atoms with Gasteiger partial charge in [0.05, 0.1) is 23.2 Å². The van der Waals surface area contributed by atoms with Gasteiger partial charge in [0.2, 0.25) is 0 Å². The molecule has 2 atom stereocenters. The third-order valence-corrected chi connectivity index (χ3v) is 5.46. The van der Waals surface area contributed by atoms with Gasteiger partial charge < -0.3 is 24.5 Å². The molecule has 0 bridgehead atoms. The fraction of sp³-hybridized carbons (Fsp3) is 0.348. The zero-order valence-electron chi connectivity index (χ0n) is 17.8. The lowest BCUT2D eigenvalue weighted by Crippen LogP contribution is -2.45. The zero-order chi connectivity index (χ0) is 22.1.